The monoisotopic (exact) mass is 424 g/mol. The maximum atomic E-state index is 12.3. The van der Waals surface area contributed by atoms with Gasteiger partial charge >= 0.3 is 0 Å². The van der Waals surface area contributed by atoms with E-state index >= 15 is 0 Å². The molecule has 0 bridgehead atoms. The molecule has 132 valence electrons. The number of sulfonamides is 1. The van der Waals surface area contributed by atoms with E-state index < -0.39 is 15.9 Å². The van der Waals surface area contributed by atoms with E-state index in [1.807, 2.05) is 0 Å². The summed E-state index contributed by atoms with van der Waals surface area (Å²) in [5, 5.41) is 2.62. The summed E-state index contributed by atoms with van der Waals surface area (Å²) in [7, 11) is -3.66. The molecule has 6 nitrogen and oxygen atoms in total. The zero-order valence-corrected chi connectivity index (χ0v) is 16.1. The summed E-state index contributed by atoms with van der Waals surface area (Å²) in [5.74, 6) is -0.635. The van der Waals surface area contributed by atoms with Gasteiger partial charge in [0, 0.05) is 15.7 Å². The van der Waals surface area contributed by atoms with Crippen LogP contribution in [-0.2, 0) is 14.8 Å². The topological polar surface area (TPSA) is 83.6 Å². The van der Waals surface area contributed by atoms with Crippen molar-refractivity contribution in [1.29, 1.82) is 0 Å². The summed E-state index contributed by atoms with van der Waals surface area (Å²) < 4.78 is 25.8. The number of nitrogens with one attached hydrogen (secondary N) is 1. The average Bonchev–Trinajstić information content (AvgIpc) is 2.52. The number of benzene rings is 2. The van der Waals surface area contributed by atoms with Crippen LogP contribution in [0.3, 0.4) is 0 Å². The lowest BCUT2D eigenvalue weighted by Crippen LogP contribution is -2.37. The van der Waals surface area contributed by atoms with Crippen molar-refractivity contribution < 1.29 is 18.0 Å². The SMILES string of the molecule is CC(=O)c1cccc(NC(=O)CN(c2ccccc2Br)S(C)(=O)=O)c1. The zero-order valence-electron chi connectivity index (χ0n) is 13.7. The van der Waals surface area contributed by atoms with Gasteiger partial charge in [0.2, 0.25) is 15.9 Å². The Morgan fingerprint density at radius 3 is 2.40 bits per heavy atom. The summed E-state index contributed by atoms with van der Waals surface area (Å²) >= 11 is 3.30. The smallest absolute Gasteiger partial charge is 0.245 e. The summed E-state index contributed by atoms with van der Waals surface area (Å²) in [5.41, 5.74) is 1.26. The normalized spacial score (nSPS) is 11.0. The Hall–Kier alpha value is -2.19. The molecule has 2 rings (SSSR count). The number of hydrogen-bond acceptors (Lipinski definition) is 4. The number of amides is 1. The molecule has 0 aliphatic carbocycles. The van der Waals surface area contributed by atoms with Crippen LogP contribution in [0.25, 0.3) is 0 Å². The van der Waals surface area contributed by atoms with Crippen molar-refractivity contribution in [3.63, 3.8) is 0 Å². The van der Waals surface area contributed by atoms with Crippen LogP contribution in [0.5, 0.6) is 0 Å². The summed E-state index contributed by atoms with van der Waals surface area (Å²) in [6.45, 7) is 1.05. The molecule has 25 heavy (non-hydrogen) atoms. The van der Waals surface area contributed by atoms with E-state index in [1.54, 1.807) is 48.5 Å². The predicted molar refractivity (Wildman–Crippen MR) is 101 cm³/mol. The minimum absolute atomic E-state index is 0.123. The first-order valence-corrected chi connectivity index (χ1v) is 9.95. The number of hydrogen-bond donors (Lipinski definition) is 1. The first-order chi connectivity index (χ1) is 11.7. The molecule has 2 aromatic rings. The molecule has 0 spiro atoms. The van der Waals surface area contributed by atoms with Crippen molar-refractivity contribution in [2.24, 2.45) is 0 Å². The van der Waals surface area contributed by atoms with E-state index in [-0.39, 0.29) is 12.3 Å². The second kappa shape index (κ2) is 7.79. The summed E-state index contributed by atoms with van der Waals surface area (Å²) in [4.78, 5) is 23.7. The van der Waals surface area contributed by atoms with E-state index in [4.69, 9.17) is 0 Å². The van der Waals surface area contributed by atoms with Crippen LogP contribution in [0.2, 0.25) is 0 Å². The van der Waals surface area contributed by atoms with Crippen molar-refractivity contribution in [2.75, 3.05) is 22.4 Å². The Bertz CT molecular complexity index is 912. The number of nitrogens with zero attached hydrogens (tertiary/aromatic N) is 1. The molecule has 0 saturated heterocycles. The van der Waals surface area contributed by atoms with Gasteiger partial charge in [-0.05, 0) is 47.1 Å². The number of Topliss-reactive ketones (excluding diaryl/α,β-unsaturated/α-hetero) is 1. The summed E-state index contributed by atoms with van der Waals surface area (Å²) in [6, 6.07) is 13.2. The van der Waals surface area contributed by atoms with Gasteiger partial charge < -0.3 is 5.32 Å². The molecule has 0 fully saturated rings. The van der Waals surface area contributed by atoms with Gasteiger partial charge in [0.15, 0.2) is 5.78 Å². The van der Waals surface area contributed by atoms with Crippen molar-refractivity contribution >= 4 is 49.0 Å². The number of carbonyl (C=O) groups is 2. The molecular formula is C17H17BrN2O4S. The highest BCUT2D eigenvalue weighted by Gasteiger charge is 2.22. The predicted octanol–water partition coefficient (Wildman–Crippen LogP) is 3.06. The molecule has 1 amide bonds. The molecule has 8 heteroatoms. The standard InChI is InChI=1S/C17H17BrN2O4S/c1-12(21)13-6-5-7-14(10-13)19-17(22)11-20(25(2,23)24)16-9-4-3-8-15(16)18/h3-10H,11H2,1-2H3,(H,19,22). The van der Waals surface area contributed by atoms with Crippen molar-refractivity contribution in [1.82, 2.24) is 0 Å². The number of anilines is 2. The fraction of sp³-hybridized carbons (Fsp3) is 0.176. The van der Waals surface area contributed by atoms with Gasteiger partial charge in [-0.2, -0.15) is 0 Å². The molecule has 0 aromatic heterocycles. The maximum Gasteiger partial charge on any atom is 0.245 e. The van der Waals surface area contributed by atoms with Gasteiger partial charge in [-0.25, -0.2) is 8.42 Å². The van der Waals surface area contributed by atoms with Crippen molar-refractivity contribution in [2.45, 2.75) is 6.92 Å². The molecule has 0 radical (unpaired) electrons. The van der Waals surface area contributed by atoms with Gasteiger partial charge in [0.1, 0.15) is 6.54 Å². The number of para-hydroxylation sites is 1. The minimum atomic E-state index is -3.66. The fourth-order valence-corrected chi connectivity index (χ4v) is 3.67. The quantitative estimate of drug-likeness (QED) is 0.722. The molecule has 0 saturated carbocycles. The summed E-state index contributed by atoms with van der Waals surface area (Å²) in [6.07, 6.45) is 1.04. The Kier molecular flexibility index (Phi) is 5.97. The lowest BCUT2D eigenvalue weighted by molar-refractivity contribution is -0.114. The van der Waals surface area contributed by atoms with E-state index in [0.29, 0.717) is 21.4 Å². The van der Waals surface area contributed by atoms with Gasteiger partial charge in [-0.1, -0.05) is 24.3 Å². The Balaban J connectivity index is 2.23. The molecule has 1 N–H and O–H groups in total. The number of rotatable bonds is 6. The lowest BCUT2D eigenvalue weighted by atomic mass is 10.1. The third-order valence-electron chi connectivity index (χ3n) is 3.36. The third kappa shape index (κ3) is 5.14. The Morgan fingerprint density at radius 2 is 1.80 bits per heavy atom. The van der Waals surface area contributed by atoms with Crippen LogP contribution in [-0.4, -0.2) is 32.9 Å². The van der Waals surface area contributed by atoms with Crippen LogP contribution in [0.1, 0.15) is 17.3 Å². The van der Waals surface area contributed by atoms with Gasteiger partial charge in [-0.15, -0.1) is 0 Å². The highest BCUT2D eigenvalue weighted by Crippen LogP contribution is 2.27. The third-order valence-corrected chi connectivity index (χ3v) is 5.16. The molecule has 0 unspecified atom stereocenters. The first-order valence-electron chi connectivity index (χ1n) is 7.31. The Labute approximate surface area is 155 Å². The largest absolute Gasteiger partial charge is 0.324 e. The molecule has 0 atom stereocenters. The maximum absolute atomic E-state index is 12.3. The van der Waals surface area contributed by atoms with Gasteiger partial charge in [-0.3, -0.25) is 13.9 Å². The Morgan fingerprint density at radius 1 is 1.12 bits per heavy atom. The second-order valence-corrected chi connectivity index (χ2v) is 8.17. The highest BCUT2D eigenvalue weighted by molar-refractivity contribution is 9.10. The van der Waals surface area contributed by atoms with E-state index in [1.165, 1.54) is 6.92 Å². The molecule has 0 aliphatic rings. The first kappa shape index (κ1) is 19.1. The van der Waals surface area contributed by atoms with Crippen LogP contribution >= 0.6 is 15.9 Å². The number of halogens is 1. The van der Waals surface area contributed by atoms with Crippen LogP contribution in [0, 0.1) is 0 Å². The average molecular weight is 425 g/mol. The van der Waals surface area contributed by atoms with E-state index in [2.05, 4.69) is 21.2 Å². The van der Waals surface area contributed by atoms with Crippen molar-refractivity contribution in [3.8, 4) is 0 Å². The number of carbonyl (C=O) groups excluding carboxylic acids is 2. The van der Waals surface area contributed by atoms with E-state index in [0.717, 1.165) is 10.6 Å². The lowest BCUT2D eigenvalue weighted by Gasteiger charge is -2.23. The van der Waals surface area contributed by atoms with Crippen molar-refractivity contribution in [3.05, 3.63) is 58.6 Å². The molecular weight excluding hydrogens is 408 g/mol. The van der Waals surface area contributed by atoms with Gasteiger partial charge in [0.05, 0.1) is 11.9 Å². The highest BCUT2D eigenvalue weighted by atomic mass is 79.9. The van der Waals surface area contributed by atoms with Crippen LogP contribution in [0.15, 0.2) is 53.0 Å². The van der Waals surface area contributed by atoms with E-state index in [9.17, 15) is 18.0 Å². The number of ketones is 1. The molecule has 2 aromatic carbocycles. The molecule has 0 aliphatic heterocycles. The minimum Gasteiger partial charge on any atom is -0.324 e. The van der Waals surface area contributed by atoms with Crippen LogP contribution in [0.4, 0.5) is 11.4 Å². The fourth-order valence-electron chi connectivity index (χ4n) is 2.18. The zero-order chi connectivity index (χ0) is 18.6. The molecule has 0 heterocycles. The van der Waals surface area contributed by atoms with Gasteiger partial charge in [0.25, 0.3) is 0 Å². The second-order valence-electron chi connectivity index (χ2n) is 5.41. The van der Waals surface area contributed by atoms with Crippen LogP contribution < -0.4 is 9.62 Å².